The van der Waals surface area contributed by atoms with E-state index in [0.29, 0.717) is 25.9 Å². The largest absolute Gasteiger partial charge is 0.466 e. The number of carbonyl (C=O) groups excluding carboxylic acids is 2. The van der Waals surface area contributed by atoms with E-state index in [1.807, 2.05) is 0 Å². The first-order valence-electron chi connectivity index (χ1n) is 34.6. The Morgan fingerprint density at radius 3 is 1.05 bits per heavy atom. The number of ether oxygens (including phenoxy) is 1. The molecule has 0 aromatic carbocycles. The Hall–Kier alpha value is -1.66. The van der Waals surface area contributed by atoms with Crippen LogP contribution in [-0.2, 0) is 14.3 Å². The van der Waals surface area contributed by atoms with Gasteiger partial charge in [0, 0.05) is 12.8 Å². The lowest BCUT2D eigenvalue weighted by Gasteiger charge is -2.22. The predicted octanol–water partition coefficient (Wildman–Crippen LogP) is 22.1. The van der Waals surface area contributed by atoms with Crippen molar-refractivity contribution in [2.24, 2.45) is 0 Å². The van der Waals surface area contributed by atoms with Crippen molar-refractivity contribution in [3.63, 3.8) is 0 Å². The first-order chi connectivity index (χ1) is 37.5. The van der Waals surface area contributed by atoms with Crippen LogP contribution in [0.5, 0.6) is 0 Å². The fourth-order valence-corrected chi connectivity index (χ4v) is 11.0. The number of hydrogen-bond donors (Lipinski definition) is 3. The molecule has 0 rings (SSSR count). The van der Waals surface area contributed by atoms with Crippen molar-refractivity contribution < 1.29 is 24.5 Å². The third-order valence-corrected chi connectivity index (χ3v) is 16.2. The zero-order chi connectivity index (χ0) is 55.0. The van der Waals surface area contributed by atoms with Gasteiger partial charge in [0.05, 0.1) is 25.4 Å². The number of hydrogen-bond acceptors (Lipinski definition) is 5. The number of aliphatic hydroxyl groups excluding tert-OH is 2. The quantitative estimate of drug-likeness (QED) is 0.0320. The van der Waals surface area contributed by atoms with Gasteiger partial charge in [-0.05, 0) is 51.4 Å². The van der Waals surface area contributed by atoms with E-state index >= 15 is 0 Å². The van der Waals surface area contributed by atoms with Crippen LogP contribution in [0, 0.1) is 0 Å². The van der Waals surface area contributed by atoms with E-state index in [2.05, 4.69) is 43.5 Å². The maximum Gasteiger partial charge on any atom is 0.305 e. The second-order valence-corrected chi connectivity index (χ2v) is 23.9. The molecule has 0 aromatic heterocycles. The minimum atomic E-state index is -0.664. The molecule has 1 amide bonds. The van der Waals surface area contributed by atoms with Crippen molar-refractivity contribution in [2.45, 2.75) is 398 Å². The standard InChI is InChI=1S/C70H135NO5/c1-3-5-7-9-11-13-15-17-18-19-20-26-29-32-35-39-42-46-50-54-58-62-68(73)67(66-72)71-69(74)63-59-55-51-47-43-40-36-33-30-27-24-22-21-23-25-28-31-34-37-41-45-49-53-57-61-65-76-70(75)64-60-56-52-48-44-38-16-14-12-10-8-6-4-2/h8,10,14,16,67-68,72-73H,3-7,9,11-13,15,17-66H2,1-2H3,(H,71,74)/b10-8-,16-14-. The molecule has 0 aliphatic heterocycles. The third-order valence-electron chi connectivity index (χ3n) is 16.2. The molecule has 0 aliphatic carbocycles. The predicted molar refractivity (Wildman–Crippen MR) is 333 cm³/mol. The summed E-state index contributed by atoms with van der Waals surface area (Å²) in [6.07, 6.45) is 82.2. The van der Waals surface area contributed by atoms with Crippen LogP contribution in [0.2, 0.25) is 0 Å². The molecule has 6 heteroatoms. The Labute approximate surface area is 475 Å². The van der Waals surface area contributed by atoms with Gasteiger partial charge in [0.15, 0.2) is 0 Å². The van der Waals surface area contributed by atoms with Gasteiger partial charge in [-0.2, -0.15) is 0 Å². The maximum atomic E-state index is 12.5. The van der Waals surface area contributed by atoms with Crippen LogP contribution < -0.4 is 5.32 Å². The molecule has 76 heavy (non-hydrogen) atoms. The van der Waals surface area contributed by atoms with Crippen LogP contribution in [0.25, 0.3) is 0 Å². The second kappa shape index (κ2) is 65.9. The Morgan fingerprint density at radius 1 is 0.368 bits per heavy atom. The fraction of sp³-hybridized carbons (Fsp3) is 0.914. The highest BCUT2D eigenvalue weighted by molar-refractivity contribution is 5.76. The molecule has 2 unspecified atom stereocenters. The lowest BCUT2D eigenvalue weighted by molar-refractivity contribution is -0.143. The molecule has 0 fully saturated rings. The van der Waals surface area contributed by atoms with Crippen LogP contribution >= 0.6 is 0 Å². The van der Waals surface area contributed by atoms with Crippen molar-refractivity contribution in [2.75, 3.05) is 13.2 Å². The SMILES string of the molecule is CCC/C=C\C/C=C\CCCCCCCC(=O)OCCCCCCCCCCCCCCCCCCCCCCCCCCCC(=O)NC(CO)C(O)CCCCCCCCCCCCCCCCCCCCCCC. The number of allylic oxidation sites excluding steroid dienone is 4. The Balaban J connectivity index is 3.37. The summed E-state index contributed by atoms with van der Waals surface area (Å²) in [4.78, 5) is 24.6. The molecule has 0 heterocycles. The average molecular weight is 1070 g/mol. The highest BCUT2D eigenvalue weighted by Gasteiger charge is 2.20. The Kier molecular flexibility index (Phi) is 64.4. The summed E-state index contributed by atoms with van der Waals surface area (Å²) in [6, 6.07) is -0.541. The van der Waals surface area contributed by atoms with Gasteiger partial charge >= 0.3 is 5.97 Å². The van der Waals surface area contributed by atoms with Crippen LogP contribution in [-0.4, -0.2) is 47.4 Å². The molecule has 0 saturated heterocycles. The molecular formula is C70H135NO5. The van der Waals surface area contributed by atoms with Crippen molar-refractivity contribution in [3.8, 4) is 0 Å². The zero-order valence-corrected chi connectivity index (χ0v) is 51.5. The fourth-order valence-electron chi connectivity index (χ4n) is 11.0. The van der Waals surface area contributed by atoms with Crippen molar-refractivity contribution in [1.82, 2.24) is 5.32 Å². The molecule has 0 spiro atoms. The smallest absolute Gasteiger partial charge is 0.305 e. The van der Waals surface area contributed by atoms with E-state index in [9.17, 15) is 19.8 Å². The first kappa shape index (κ1) is 74.3. The van der Waals surface area contributed by atoms with Crippen LogP contribution in [0.4, 0.5) is 0 Å². The van der Waals surface area contributed by atoms with E-state index < -0.39 is 12.1 Å². The molecule has 0 saturated carbocycles. The van der Waals surface area contributed by atoms with E-state index in [0.717, 1.165) is 51.4 Å². The highest BCUT2D eigenvalue weighted by atomic mass is 16.5. The Bertz CT molecular complexity index is 1190. The maximum absolute atomic E-state index is 12.5. The Morgan fingerprint density at radius 2 is 0.684 bits per heavy atom. The molecule has 2 atom stereocenters. The summed E-state index contributed by atoms with van der Waals surface area (Å²) in [7, 11) is 0. The molecule has 3 N–H and O–H groups in total. The molecule has 0 radical (unpaired) electrons. The van der Waals surface area contributed by atoms with Gasteiger partial charge in [0.2, 0.25) is 5.91 Å². The number of nitrogens with one attached hydrogen (secondary N) is 1. The minimum Gasteiger partial charge on any atom is -0.466 e. The monoisotopic (exact) mass is 1070 g/mol. The van der Waals surface area contributed by atoms with E-state index in [1.165, 1.54) is 302 Å². The first-order valence-corrected chi connectivity index (χ1v) is 34.6. The van der Waals surface area contributed by atoms with Crippen LogP contribution in [0.1, 0.15) is 386 Å². The van der Waals surface area contributed by atoms with Gasteiger partial charge in [-0.3, -0.25) is 9.59 Å². The van der Waals surface area contributed by atoms with Gasteiger partial charge in [-0.15, -0.1) is 0 Å². The summed E-state index contributed by atoms with van der Waals surface area (Å²) < 4.78 is 5.47. The summed E-state index contributed by atoms with van der Waals surface area (Å²) >= 11 is 0. The summed E-state index contributed by atoms with van der Waals surface area (Å²) in [6.45, 7) is 4.92. The van der Waals surface area contributed by atoms with Gasteiger partial charge in [-0.1, -0.05) is 346 Å². The topological polar surface area (TPSA) is 95.9 Å². The second-order valence-electron chi connectivity index (χ2n) is 23.9. The van der Waals surface area contributed by atoms with E-state index in [1.54, 1.807) is 0 Å². The number of amides is 1. The summed E-state index contributed by atoms with van der Waals surface area (Å²) in [5, 5.41) is 23.4. The molecule has 0 aliphatic rings. The van der Waals surface area contributed by atoms with Gasteiger partial charge in [0.25, 0.3) is 0 Å². The third kappa shape index (κ3) is 61.6. The number of rotatable bonds is 65. The van der Waals surface area contributed by atoms with Gasteiger partial charge in [-0.25, -0.2) is 0 Å². The summed E-state index contributed by atoms with van der Waals surface area (Å²) in [5.41, 5.74) is 0. The highest BCUT2D eigenvalue weighted by Crippen LogP contribution is 2.19. The molecular weight excluding hydrogens is 935 g/mol. The van der Waals surface area contributed by atoms with Crippen molar-refractivity contribution >= 4 is 11.9 Å². The number of aliphatic hydroxyl groups is 2. The molecule has 0 bridgehead atoms. The van der Waals surface area contributed by atoms with Gasteiger partial charge in [0.1, 0.15) is 0 Å². The molecule has 450 valence electrons. The zero-order valence-electron chi connectivity index (χ0n) is 51.5. The van der Waals surface area contributed by atoms with Crippen molar-refractivity contribution in [3.05, 3.63) is 24.3 Å². The van der Waals surface area contributed by atoms with Crippen LogP contribution in [0.15, 0.2) is 24.3 Å². The van der Waals surface area contributed by atoms with E-state index in [4.69, 9.17) is 4.74 Å². The number of esters is 1. The normalized spacial score (nSPS) is 12.6. The number of carbonyl (C=O) groups is 2. The summed E-state index contributed by atoms with van der Waals surface area (Å²) in [5.74, 6) is -0.0273. The lowest BCUT2D eigenvalue weighted by atomic mass is 10.0. The van der Waals surface area contributed by atoms with Gasteiger partial charge < -0.3 is 20.3 Å². The lowest BCUT2D eigenvalue weighted by Crippen LogP contribution is -2.45. The molecule has 0 aromatic rings. The number of unbranched alkanes of at least 4 members (excludes halogenated alkanes) is 50. The van der Waals surface area contributed by atoms with Crippen molar-refractivity contribution in [1.29, 1.82) is 0 Å². The van der Waals surface area contributed by atoms with Crippen LogP contribution in [0.3, 0.4) is 0 Å². The molecule has 6 nitrogen and oxygen atoms in total. The van der Waals surface area contributed by atoms with E-state index in [-0.39, 0.29) is 18.5 Å². The minimum absolute atomic E-state index is 0.00174. The average Bonchev–Trinajstić information content (AvgIpc) is 3.42.